The van der Waals surface area contributed by atoms with Crippen LogP contribution in [-0.4, -0.2) is 30.6 Å². The Morgan fingerprint density at radius 1 is 1.12 bits per heavy atom. The van der Waals surface area contributed by atoms with Crippen molar-refractivity contribution in [1.29, 1.82) is 0 Å². The van der Waals surface area contributed by atoms with Gasteiger partial charge in [0.1, 0.15) is 0 Å². The summed E-state index contributed by atoms with van der Waals surface area (Å²) in [7, 11) is 0. The van der Waals surface area contributed by atoms with Crippen LogP contribution in [0.4, 0.5) is 0 Å². The van der Waals surface area contributed by atoms with E-state index in [0.29, 0.717) is 0 Å². The van der Waals surface area contributed by atoms with Gasteiger partial charge in [0.15, 0.2) is 0 Å². The molecule has 3 saturated heterocycles. The third kappa shape index (κ3) is 2.13. The first-order valence-corrected chi connectivity index (χ1v) is 6.40. The Labute approximate surface area is 97.6 Å². The summed E-state index contributed by atoms with van der Waals surface area (Å²) in [6, 6.07) is 11.6. The average molecular weight is 216 g/mol. The van der Waals surface area contributed by atoms with Crippen molar-refractivity contribution in [3.05, 3.63) is 35.9 Å². The molecule has 86 valence electrons. The number of benzene rings is 1. The standard InChI is InChI=1S/C14H20N2/c1-2-4-12(5-3-1)10-16-11-13-6-7-14(16)9-15-8-13/h1-5,13-15H,6-11H2. The second-order valence-corrected chi connectivity index (χ2v) is 5.17. The smallest absolute Gasteiger partial charge is 0.0237 e. The SMILES string of the molecule is c1ccc(CN2CC3CCC2CNC3)cc1. The summed E-state index contributed by atoms with van der Waals surface area (Å²) in [5, 5.41) is 3.58. The molecule has 3 heterocycles. The Morgan fingerprint density at radius 2 is 2.00 bits per heavy atom. The van der Waals surface area contributed by atoms with Crippen LogP contribution in [-0.2, 0) is 6.54 Å². The fourth-order valence-corrected chi connectivity index (χ4v) is 3.05. The summed E-state index contributed by atoms with van der Waals surface area (Å²) in [4.78, 5) is 2.67. The van der Waals surface area contributed by atoms with E-state index in [1.54, 1.807) is 0 Å². The van der Waals surface area contributed by atoms with Crippen molar-refractivity contribution in [2.75, 3.05) is 19.6 Å². The maximum Gasteiger partial charge on any atom is 0.0237 e. The minimum atomic E-state index is 0.763. The highest BCUT2D eigenvalue weighted by atomic mass is 15.2. The van der Waals surface area contributed by atoms with Gasteiger partial charge < -0.3 is 5.32 Å². The fraction of sp³-hybridized carbons (Fsp3) is 0.571. The van der Waals surface area contributed by atoms with Crippen molar-refractivity contribution < 1.29 is 0 Å². The lowest BCUT2D eigenvalue weighted by Crippen LogP contribution is -2.42. The number of fused-ring (bicyclic) bond motifs is 4. The molecule has 1 aromatic rings. The topological polar surface area (TPSA) is 15.3 Å². The number of hydrogen-bond acceptors (Lipinski definition) is 2. The van der Waals surface area contributed by atoms with Gasteiger partial charge in [-0.05, 0) is 30.9 Å². The highest BCUT2D eigenvalue weighted by molar-refractivity contribution is 5.15. The molecule has 4 rings (SSSR count). The molecule has 0 spiro atoms. The zero-order valence-corrected chi connectivity index (χ0v) is 9.73. The molecule has 1 aromatic carbocycles. The lowest BCUT2D eigenvalue weighted by atomic mass is 9.94. The Balaban J connectivity index is 1.71. The van der Waals surface area contributed by atoms with Gasteiger partial charge in [0.2, 0.25) is 0 Å². The Kier molecular flexibility index (Phi) is 2.94. The highest BCUT2D eigenvalue weighted by Crippen LogP contribution is 2.25. The zero-order valence-electron chi connectivity index (χ0n) is 9.73. The molecular formula is C14H20N2. The molecule has 3 fully saturated rings. The Bertz CT molecular complexity index is 332. The van der Waals surface area contributed by atoms with E-state index < -0.39 is 0 Å². The average Bonchev–Trinajstić information content (AvgIpc) is 2.65. The summed E-state index contributed by atoms with van der Waals surface area (Å²) in [6.45, 7) is 4.82. The number of hydrogen-bond donors (Lipinski definition) is 1. The second kappa shape index (κ2) is 4.56. The van der Waals surface area contributed by atoms with E-state index in [9.17, 15) is 0 Å². The van der Waals surface area contributed by atoms with Gasteiger partial charge in [0.05, 0.1) is 0 Å². The van der Waals surface area contributed by atoms with Crippen molar-refractivity contribution >= 4 is 0 Å². The first kappa shape index (κ1) is 10.3. The van der Waals surface area contributed by atoms with Crippen molar-refractivity contribution in [2.24, 2.45) is 5.92 Å². The van der Waals surface area contributed by atoms with Crippen molar-refractivity contribution in [3.63, 3.8) is 0 Å². The third-order valence-electron chi connectivity index (χ3n) is 3.96. The number of nitrogens with one attached hydrogen (secondary N) is 1. The quantitative estimate of drug-likeness (QED) is 0.812. The first-order valence-electron chi connectivity index (χ1n) is 6.40. The molecule has 2 bridgehead atoms. The molecule has 0 aliphatic carbocycles. The predicted octanol–water partition coefficient (Wildman–Crippen LogP) is 1.87. The van der Waals surface area contributed by atoms with Gasteiger partial charge in [0.25, 0.3) is 0 Å². The maximum absolute atomic E-state index is 3.58. The molecule has 0 aromatic heterocycles. The molecule has 1 N–H and O–H groups in total. The van der Waals surface area contributed by atoms with Crippen LogP contribution in [0.25, 0.3) is 0 Å². The van der Waals surface area contributed by atoms with E-state index in [4.69, 9.17) is 0 Å². The summed E-state index contributed by atoms with van der Waals surface area (Å²) in [6.07, 6.45) is 2.80. The first-order chi connectivity index (χ1) is 7.92. The van der Waals surface area contributed by atoms with E-state index in [0.717, 1.165) is 18.5 Å². The van der Waals surface area contributed by atoms with Crippen LogP contribution < -0.4 is 5.32 Å². The lowest BCUT2D eigenvalue weighted by molar-refractivity contribution is 0.126. The lowest BCUT2D eigenvalue weighted by Gasteiger charge is -2.36. The summed E-state index contributed by atoms with van der Waals surface area (Å²) < 4.78 is 0. The molecule has 16 heavy (non-hydrogen) atoms. The van der Waals surface area contributed by atoms with Gasteiger partial charge in [-0.2, -0.15) is 0 Å². The van der Waals surface area contributed by atoms with Gasteiger partial charge in [-0.15, -0.1) is 0 Å². The summed E-state index contributed by atoms with van der Waals surface area (Å²) in [5.41, 5.74) is 1.45. The molecule has 2 atom stereocenters. The predicted molar refractivity (Wildman–Crippen MR) is 66.2 cm³/mol. The van der Waals surface area contributed by atoms with Gasteiger partial charge >= 0.3 is 0 Å². The molecule has 0 amide bonds. The fourth-order valence-electron chi connectivity index (χ4n) is 3.05. The number of piperidine rings is 1. The summed E-state index contributed by atoms with van der Waals surface area (Å²) >= 11 is 0. The van der Waals surface area contributed by atoms with Gasteiger partial charge in [-0.1, -0.05) is 30.3 Å². The van der Waals surface area contributed by atoms with E-state index in [2.05, 4.69) is 40.5 Å². The third-order valence-corrected chi connectivity index (χ3v) is 3.96. The largest absolute Gasteiger partial charge is 0.315 e. The highest BCUT2D eigenvalue weighted by Gasteiger charge is 2.30. The number of nitrogens with zero attached hydrogens (tertiary/aromatic N) is 1. The number of rotatable bonds is 2. The van der Waals surface area contributed by atoms with Crippen LogP contribution in [0, 0.1) is 5.92 Å². The molecule has 2 heteroatoms. The van der Waals surface area contributed by atoms with Crippen molar-refractivity contribution in [1.82, 2.24) is 10.2 Å². The minimum Gasteiger partial charge on any atom is -0.315 e. The van der Waals surface area contributed by atoms with Crippen LogP contribution >= 0.6 is 0 Å². The molecule has 0 radical (unpaired) electrons. The zero-order chi connectivity index (χ0) is 10.8. The van der Waals surface area contributed by atoms with Gasteiger partial charge in [0, 0.05) is 25.7 Å². The van der Waals surface area contributed by atoms with Crippen molar-refractivity contribution in [3.8, 4) is 0 Å². The maximum atomic E-state index is 3.58. The molecular weight excluding hydrogens is 196 g/mol. The normalized spacial score (nSPS) is 30.2. The van der Waals surface area contributed by atoms with Crippen LogP contribution in [0.1, 0.15) is 18.4 Å². The van der Waals surface area contributed by atoms with E-state index in [1.165, 1.54) is 38.0 Å². The molecule has 0 saturated carbocycles. The van der Waals surface area contributed by atoms with Crippen LogP contribution in [0.3, 0.4) is 0 Å². The monoisotopic (exact) mass is 216 g/mol. The van der Waals surface area contributed by atoms with E-state index in [1.807, 2.05) is 0 Å². The molecule has 2 nitrogen and oxygen atoms in total. The molecule has 3 aliphatic rings. The van der Waals surface area contributed by atoms with Gasteiger partial charge in [-0.25, -0.2) is 0 Å². The summed E-state index contributed by atoms with van der Waals surface area (Å²) in [5.74, 6) is 0.877. The molecule has 2 unspecified atom stereocenters. The van der Waals surface area contributed by atoms with Crippen LogP contribution in [0.5, 0.6) is 0 Å². The van der Waals surface area contributed by atoms with Crippen molar-refractivity contribution in [2.45, 2.75) is 25.4 Å². The van der Waals surface area contributed by atoms with E-state index in [-0.39, 0.29) is 0 Å². The molecule has 3 aliphatic heterocycles. The van der Waals surface area contributed by atoms with Crippen LogP contribution in [0.2, 0.25) is 0 Å². The van der Waals surface area contributed by atoms with E-state index >= 15 is 0 Å². The second-order valence-electron chi connectivity index (χ2n) is 5.17. The minimum absolute atomic E-state index is 0.763. The Hall–Kier alpha value is -0.860. The van der Waals surface area contributed by atoms with Crippen LogP contribution in [0.15, 0.2) is 30.3 Å². The van der Waals surface area contributed by atoms with Gasteiger partial charge in [-0.3, -0.25) is 4.90 Å². The Morgan fingerprint density at radius 3 is 2.88 bits per heavy atom.